The molecule has 0 fully saturated rings. The molecule has 0 unspecified atom stereocenters. The highest BCUT2D eigenvalue weighted by atomic mass is 32.1. The number of aromatic nitrogens is 4. The Morgan fingerprint density at radius 2 is 2.44 bits per heavy atom. The standard InChI is InChI=1S/C12H12N4OS/c1-6-2-3-7-8(4-6)18-11-9(7)10-13-5-14-16(10)12(17)15-11/h5-6H,2-4H2,1H3,(H,15,17)/t6-/m0/s1. The topological polar surface area (TPSA) is 63.0 Å². The summed E-state index contributed by atoms with van der Waals surface area (Å²) in [4.78, 5) is 21.3. The Hall–Kier alpha value is -1.69. The summed E-state index contributed by atoms with van der Waals surface area (Å²) in [5, 5.41) is 5.07. The van der Waals surface area contributed by atoms with Crippen molar-refractivity contribution in [3.05, 3.63) is 27.3 Å². The summed E-state index contributed by atoms with van der Waals surface area (Å²) in [7, 11) is 0. The molecule has 4 rings (SSSR count). The van der Waals surface area contributed by atoms with E-state index in [4.69, 9.17) is 0 Å². The molecule has 0 spiro atoms. The monoisotopic (exact) mass is 260 g/mol. The van der Waals surface area contributed by atoms with E-state index >= 15 is 0 Å². The van der Waals surface area contributed by atoms with Gasteiger partial charge in [-0.25, -0.2) is 9.78 Å². The van der Waals surface area contributed by atoms with E-state index in [-0.39, 0.29) is 5.69 Å². The largest absolute Gasteiger partial charge is 0.349 e. The summed E-state index contributed by atoms with van der Waals surface area (Å²) in [6.07, 6.45) is 4.83. The molecule has 0 saturated heterocycles. The molecule has 1 atom stereocenters. The molecule has 92 valence electrons. The lowest BCUT2D eigenvalue weighted by Crippen LogP contribution is -2.17. The molecule has 0 bridgehead atoms. The van der Waals surface area contributed by atoms with Gasteiger partial charge in [-0.05, 0) is 30.7 Å². The molecular formula is C12H12N4OS. The molecule has 0 aliphatic heterocycles. The van der Waals surface area contributed by atoms with Crippen LogP contribution in [0.1, 0.15) is 23.8 Å². The summed E-state index contributed by atoms with van der Waals surface area (Å²) in [5.41, 5.74) is 1.85. The molecule has 3 heterocycles. The Bertz CT molecular complexity index is 813. The van der Waals surface area contributed by atoms with Gasteiger partial charge >= 0.3 is 5.69 Å². The molecule has 0 saturated carbocycles. The van der Waals surface area contributed by atoms with Gasteiger partial charge in [0.25, 0.3) is 0 Å². The number of hydrogen-bond donors (Lipinski definition) is 1. The number of nitrogens with zero attached hydrogens (tertiary/aromatic N) is 3. The average Bonchev–Trinajstić information content (AvgIpc) is 2.91. The molecule has 1 N–H and O–H groups in total. The van der Waals surface area contributed by atoms with Crippen molar-refractivity contribution >= 4 is 27.2 Å². The molecule has 0 radical (unpaired) electrons. The first kappa shape index (κ1) is 10.3. The highest BCUT2D eigenvalue weighted by molar-refractivity contribution is 7.19. The quantitative estimate of drug-likeness (QED) is 0.670. The maximum absolute atomic E-state index is 11.8. The van der Waals surface area contributed by atoms with Gasteiger partial charge in [-0.1, -0.05) is 6.92 Å². The van der Waals surface area contributed by atoms with Crippen LogP contribution in [0.3, 0.4) is 0 Å². The number of hydrogen-bond acceptors (Lipinski definition) is 4. The fraction of sp³-hybridized carbons (Fsp3) is 0.417. The fourth-order valence-electron chi connectivity index (χ4n) is 2.79. The van der Waals surface area contributed by atoms with E-state index in [1.165, 1.54) is 27.7 Å². The summed E-state index contributed by atoms with van der Waals surface area (Å²) in [6, 6.07) is 0. The number of aromatic amines is 1. The zero-order chi connectivity index (χ0) is 12.3. The minimum atomic E-state index is -0.207. The Morgan fingerprint density at radius 1 is 1.56 bits per heavy atom. The van der Waals surface area contributed by atoms with Gasteiger partial charge in [0.1, 0.15) is 11.2 Å². The second kappa shape index (κ2) is 3.41. The van der Waals surface area contributed by atoms with Crippen molar-refractivity contribution in [3.8, 4) is 0 Å². The van der Waals surface area contributed by atoms with E-state index in [0.717, 1.165) is 29.0 Å². The lowest BCUT2D eigenvalue weighted by molar-refractivity contribution is 0.509. The van der Waals surface area contributed by atoms with E-state index in [1.807, 2.05) is 0 Å². The molecule has 0 amide bonds. The molecule has 1 aliphatic rings. The van der Waals surface area contributed by atoms with Crippen LogP contribution in [-0.4, -0.2) is 19.6 Å². The molecule has 3 aromatic rings. The molecular weight excluding hydrogens is 248 g/mol. The van der Waals surface area contributed by atoms with Crippen molar-refractivity contribution in [2.45, 2.75) is 26.2 Å². The first-order chi connectivity index (χ1) is 8.74. The number of rotatable bonds is 0. The van der Waals surface area contributed by atoms with Gasteiger partial charge in [-0.3, -0.25) is 4.98 Å². The second-order valence-electron chi connectivity index (χ2n) is 4.98. The van der Waals surface area contributed by atoms with Gasteiger partial charge < -0.3 is 0 Å². The van der Waals surface area contributed by atoms with Gasteiger partial charge in [0.15, 0.2) is 5.65 Å². The average molecular weight is 260 g/mol. The van der Waals surface area contributed by atoms with Gasteiger partial charge in [0.2, 0.25) is 0 Å². The first-order valence-electron chi connectivity index (χ1n) is 6.10. The highest BCUT2D eigenvalue weighted by Gasteiger charge is 2.23. The number of fused-ring (bicyclic) bond motifs is 5. The highest BCUT2D eigenvalue weighted by Crippen LogP contribution is 2.37. The lowest BCUT2D eigenvalue weighted by Gasteiger charge is -2.17. The SMILES string of the molecule is C[C@H]1CCc2c(sc3[nH]c(=O)n4ncnc4c23)C1. The van der Waals surface area contributed by atoms with Crippen LogP contribution in [0, 0.1) is 5.92 Å². The summed E-state index contributed by atoms with van der Waals surface area (Å²) < 4.78 is 1.35. The number of aryl methyl sites for hydroxylation is 1. The van der Waals surface area contributed by atoms with E-state index in [1.54, 1.807) is 11.3 Å². The van der Waals surface area contributed by atoms with Gasteiger partial charge in [-0.15, -0.1) is 11.3 Å². The minimum Gasteiger partial charge on any atom is -0.297 e. The maximum Gasteiger partial charge on any atom is 0.349 e. The zero-order valence-electron chi connectivity index (χ0n) is 9.93. The summed E-state index contributed by atoms with van der Waals surface area (Å²) in [5.74, 6) is 0.728. The number of nitrogens with one attached hydrogen (secondary N) is 1. The molecule has 1 aliphatic carbocycles. The normalized spacial score (nSPS) is 19.5. The van der Waals surface area contributed by atoms with Crippen molar-refractivity contribution in [1.82, 2.24) is 19.6 Å². The Kier molecular flexibility index (Phi) is 1.94. The van der Waals surface area contributed by atoms with Crippen LogP contribution in [0.2, 0.25) is 0 Å². The van der Waals surface area contributed by atoms with E-state index in [9.17, 15) is 4.79 Å². The Balaban J connectivity index is 2.17. The van der Waals surface area contributed by atoms with Crippen LogP contribution in [0.5, 0.6) is 0 Å². The van der Waals surface area contributed by atoms with Crippen molar-refractivity contribution in [1.29, 1.82) is 0 Å². The van der Waals surface area contributed by atoms with Crippen LogP contribution >= 0.6 is 11.3 Å². The Labute approximate surface area is 106 Å². The number of H-pyrrole nitrogens is 1. The smallest absolute Gasteiger partial charge is 0.297 e. The van der Waals surface area contributed by atoms with Crippen molar-refractivity contribution in [2.24, 2.45) is 5.92 Å². The molecule has 6 heteroatoms. The third-order valence-electron chi connectivity index (χ3n) is 3.70. The van der Waals surface area contributed by atoms with Crippen LogP contribution in [0.4, 0.5) is 0 Å². The van der Waals surface area contributed by atoms with Crippen molar-refractivity contribution in [3.63, 3.8) is 0 Å². The van der Waals surface area contributed by atoms with Crippen molar-refractivity contribution in [2.75, 3.05) is 0 Å². The lowest BCUT2D eigenvalue weighted by atomic mass is 9.89. The van der Waals surface area contributed by atoms with Gasteiger partial charge in [-0.2, -0.15) is 9.61 Å². The molecule has 0 aromatic carbocycles. The zero-order valence-corrected chi connectivity index (χ0v) is 10.8. The number of thiophene rings is 1. The van der Waals surface area contributed by atoms with Crippen LogP contribution < -0.4 is 5.69 Å². The van der Waals surface area contributed by atoms with E-state index in [2.05, 4.69) is 22.0 Å². The molecule has 5 nitrogen and oxygen atoms in total. The third-order valence-corrected chi connectivity index (χ3v) is 4.87. The Morgan fingerprint density at radius 3 is 3.33 bits per heavy atom. The van der Waals surface area contributed by atoms with Crippen molar-refractivity contribution < 1.29 is 0 Å². The summed E-state index contributed by atoms with van der Waals surface area (Å²) in [6.45, 7) is 2.28. The minimum absolute atomic E-state index is 0.207. The predicted molar refractivity (Wildman–Crippen MR) is 70.2 cm³/mol. The molecule has 18 heavy (non-hydrogen) atoms. The van der Waals surface area contributed by atoms with Crippen LogP contribution in [-0.2, 0) is 12.8 Å². The summed E-state index contributed by atoms with van der Waals surface area (Å²) >= 11 is 1.70. The van der Waals surface area contributed by atoms with Crippen LogP contribution in [0.25, 0.3) is 15.9 Å². The van der Waals surface area contributed by atoms with E-state index in [0.29, 0.717) is 5.65 Å². The van der Waals surface area contributed by atoms with Crippen LogP contribution in [0.15, 0.2) is 11.1 Å². The maximum atomic E-state index is 11.8. The third kappa shape index (κ3) is 1.23. The van der Waals surface area contributed by atoms with Gasteiger partial charge in [0, 0.05) is 4.88 Å². The first-order valence-corrected chi connectivity index (χ1v) is 6.92. The van der Waals surface area contributed by atoms with Gasteiger partial charge in [0.05, 0.1) is 5.39 Å². The molecule has 3 aromatic heterocycles. The fourth-order valence-corrected chi connectivity index (χ4v) is 4.18. The second-order valence-corrected chi connectivity index (χ2v) is 6.09. The predicted octanol–water partition coefficient (Wildman–Crippen LogP) is 1.76. The van der Waals surface area contributed by atoms with E-state index < -0.39 is 0 Å².